The Morgan fingerprint density at radius 1 is 0.227 bits per heavy atom. The molecule has 0 saturated carbocycles. The van der Waals surface area contributed by atoms with Crippen LogP contribution in [-0.4, -0.2) is 0 Å². The number of nitrogens with zero attached hydrogens (tertiary/aromatic N) is 4. The van der Waals surface area contributed by atoms with E-state index in [1.54, 1.807) is 12.2 Å². The number of hydrogen-bond acceptors (Lipinski definition) is 7. The zero-order chi connectivity index (χ0) is 94.8. The summed E-state index contributed by atoms with van der Waals surface area (Å²) in [6, 6.07) is 160. The minimum atomic E-state index is -1.43. The van der Waals surface area contributed by atoms with E-state index in [0.29, 0.717) is 34.1 Å². The first-order valence-corrected chi connectivity index (χ1v) is 47.0. The Hall–Kier alpha value is -18.3. The number of rotatable bonds is 24. The van der Waals surface area contributed by atoms with Crippen LogP contribution in [0.3, 0.4) is 0 Å². The maximum atomic E-state index is 17.2. The van der Waals surface area contributed by atoms with Crippen molar-refractivity contribution in [1.82, 2.24) is 0 Å². The summed E-state index contributed by atoms with van der Waals surface area (Å²) in [6.07, 6.45) is 3.56. The number of halogens is 4. The van der Waals surface area contributed by atoms with Crippen molar-refractivity contribution >= 4 is 113 Å². The van der Waals surface area contributed by atoms with Crippen molar-refractivity contribution in [3.05, 3.63) is 577 Å². The van der Waals surface area contributed by atoms with Gasteiger partial charge in [-0.15, -0.1) is 0 Å². The van der Waals surface area contributed by atoms with E-state index in [-0.39, 0.29) is 11.1 Å². The molecule has 0 spiro atoms. The Labute approximate surface area is 814 Å². The van der Waals surface area contributed by atoms with Gasteiger partial charge < -0.3 is 33.5 Å². The molecular formula is C130H86F4N4O3. The molecule has 1 heterocycles. The summed E-state index contributed by atoms with van der Waals surface area (Å²) >= 11 is 0. The third kappa shape index (κ3) is 14.9. The van der Waals surface area contributed by atoms with E-state index >= 15 is 17.6 Å². The number of para-hydroxylation sites is 4. The average Bonchev–Trinajstić information content (AvgIpc) is 1.53. The summed E-state index contributed by atoms with van der Waals surface area (Å²) in [7, 11) is 0. The van der Waals surface area contributed by atoms with Crippen LogP contribution < -0.4 is 29.1 Å². The molecule has 24 rings (SSSR count). The monoisotopic (exact) mass is 1830 g/mol. The fraction of sp³-hybridized carbons (Fsp3) is 0.0154. The van der Waals surface area contributed by atoms with Crippen LogP contribution in [-0.2, 0) is 10.8 Å². The van der Waals surface area contributed by atoms with Crippen molar-refractivity contribution in [2.75, 3.05) is 19.6 Å². The maximum absolute atomic E-state index is 17.2. The Kier molecular flexibility index (Phi) is 21.7. The highest BCUT2D eigenvalue weighted by molar-refractivity contribution is 6.23. The molecule has 0 aliphatic heterocycles. The molecule has 141 heavy (non-hydrogen) atoms. The number of ether oxygens (including phenoxy) is 2. The average molecular weight is 1830 g/mol. The summed E-state index contributed by atoms with van der Waals surface area (Å²) < 4.78 is 88.6. The topological polar surface area (TPSA) is 44.6 Å². The molecule has 2 unspecified atom stereocenters. The molecule has 1 aromatic heterocycles. The number of anilines is 12. The van der Waals surface area contributed by atoms with Crippen molar-refractivity contribution in [3.63, 3.8) is 0 Å². The Bertz CT molecular complexity index is 8490. The van der Waals surface area contributed by atoms with Gasteiger partial charge in [0, 0.05) is 102 Å². The Balaban J connectivity index is 0.533. The number of benzene rings is 21. The highest BCUT2D eigenvalue weighted by Crippen LogP contribution is 2.62. The first-order valence-electron chi connectivity index (χ1n) is 47.0. The minimum Gasteiger partial charge on any atom is -0.457 e. The molecule has 7 nitrogen and oxygen atoms in total. The van der Waals surface area contributed by atoms with Crippen molar-refractivity contribution in [1.29, 1.82) is 0 Å². The molecule has 0 saturated heterocycles. The fourth-order valence-electron chi connectivity index (χ4n) is 21.4. The van der Waals surface area contributed by atoms with Crippen LogP contribution in [0, 0.1) is 23.3 Å². The quantitative estimate of drug-likeness (QED) is 0.0559. The van der Waals surface area contributed by atoms with Crippen LogP contribution >= 0.6 is 0 Å². The lowest BCUT2D eigenvalue weighted by molar-refractivity contribution is 0.481. The van der Waals surface area contributed by atoms with E-state index in [4.69, 9.17) is 13.9 Å². The lowest BCUT2D eigenvalue weighted by Crippen LogP contribution is -2.31. The molecule has 21 aromatic carbocycles. The molecule has 0 radical (unpaired) electrons. The minimum absolute atomic E-state index is 0.0617. The molecule has 22 aromatic rings. The molecule has 0 amide bonds. The molecule has 0 bridgehead atoms. The normalized spacial score (nSPS) is 13.8. The van der Waals surface area contributed by atoms with Crippen LogP contribution in [0.1, 0.15) is 55.6 Å². The number of furan rings is 1. The molecule has 2 aliphatic rings. The van der Waals surface area contributed by atoms with E-state index in [1.165, 1.54) is 36.4 Å². The molecule has 2 atom stereocenters. The van der Waals surface area contributed by atoms with Gasteiger partial charge >= 0.3 is 0 Å². The summed E-state index contributed by atoms with van der Waals surface area (Å²) in [5, 5.41) is 4.10. The van der Waals surface area contributed by atoms with E-state index in [9.17, 15) is 0 Å². The fourth-order valence-corrected chi connectivity index (χ4v) is 21.4. The first-order chi connectivity index (χ1) is 69.4. The van der Waals surface area contributed by atoms with Crippen LogP contribution in [0.2, 0.25) is 0 Å². The second kappa shape index (κ2) is 35.7. The highest BCUT2D eigenvalue weighted by Gasteiger charge is 2.52. The van der Waals surface area contributed by atoms with Gasteiger partial charge in [0.15, 0.2) is 0 Å². The first kappa shape index (κ1) is 85.6. The van der Waals surface area contributed by atoms with Crippen LogP contribution in [0.25, 0.3) is 89.4 Å². The Morgan fingerprint density at radius 3 is 0.901 bits per heavy atom. The molecule has 2 aliphatic carbocycles. The van der Waals surface area contributed by atoms with Gasteiger partial charge in [-0.25, -0.2) is 17.6 Å². The smallest absolute Gasteiger partial charge is 0.138 e. The van der Waals surface area contributed by atoms with Gasteiger partial charge in [-0.3, -0.25) is 0 Å². The van der Waals surface area contributed by atoms with Gasteiger partial charge in [0.05, 0.1) is 16.5 Å². The van der Waals surface area contributed by atoms with Gasteiger partial charge in [-0.05, 0) is 301 Å². The van der Waals surface area contributed by atoms with Gasteiger partial charge in [0.1, 0.15) is 57.4 Å². The van der Waals surface area contributed by atoms with Crippen molar-refractivity contribution in [2.45, 2.75) is 10.8 Å². The zero-order valence-corrected chi connectivity index (χ0v) is 76.3. The third-order valence-electron chi connectivity index (χ3n) is 27.7. The van der Waals surface area contributed by atoms with Gasteiger partial charge in [-0.1, -0.05) is 292 Å². The van der Waals surface area contributed by atoms with Gasteiger partial charge in [-0.2, -0.15) is 0 Å². The van der Waals surface area contributed by atoms with Crippen LogP contribution in [0.15, 0.2) is 503 Å². The van der Waals surface area contributed by atoms with Gasteiger partial charge in [0.2, 0.25) is 0 Å². The van der Waals surface area contributed by atoms with E-state index in [1.807, 2.05) is 194 Å². The van der Waals surface area contributed by atoms with E-state index in [0.717, 1.165) is 179 Å². The second-order valence-electron chi connectivity index (χ2n) is 35.5. The SMILES string of the molecule is C=Cc1ccc(Oc2ccc(C3(c4c(F)cccc4F)c4ccccc4-c4ccc(N(c5ccccc5)c5ccc(-c6ccc(N(c7ccccc7)c7ccc8c(c7)oc7cc(N(c9ccccc9)c9ccc(-c%10ccc(N(c%11ccccc%11)c%11ccc%12c(c%11)C(c%11ccc(Oc%13ccc(C=C)cc%13)cc%11)(c%11c(F)cccc%11F)c%11ccccc%11-%12)cc%10)cc9)c9ccccc9c78)cc6)cc5)cc43)cc2)cc1. The van der Waals surface area contributed by atoms with Crippen LogP contribution in [0.5, 0.6) is 23.0 Å². The summed E-state index contributed by atoms with van der Waals surface area (Å²) in [5.41, 5.74) is 23.2. The summed E-state index contributed by atoms with van der Waals surface area (Å²) in [4.78, 5) is 8.97. The predicted molar refractivity (Wildman–Crippen MR) is 568 cm³/mol. The van der Waals surface area contributed by atoms with Crippen molar-refractivity contribution in [2.24, 2.45) is 0 Å². The molecule has 11 heteroatoms. The standard InChI is InChI=1S/C130H86F4N4O3/c1-3-85-43-70-104(71-44-85)139-106-74-55-91(56-75-106)129(127-119(131)39-23-40-120(127)132)115-37-21-19-33-108(115)110-78-67-101(81-117(110)129)135(93-25-9-5-10-26-93)97-59-47-87(48-60-97)88-51-63-99(64-52-88)137(95-29-13-7-14-30-95)103-69-80-114-124(83-103)141-125-84-123(112-35-17-18-36-113(112)126(114)125)138(96-31-15-8-16-32-96)100-65-53-90(54-66-100)89-49-61-98(62-50-89)136(94-27-11-6-12-28-94)102-68-79-111-109-34-20-22-38-116(109)130(118(111)82-102,128-121(133)41-24-42-122(128)134)92-57-76-107(77-58-92)140-105-72-45-86(4-2)46-73-105/h3-84H,1-2H2. The van der Waals surface area contributed by atoms with Crippen LogP contribution in [0.4, 0.5) is 85.8 Å². The van der Waals surface area contributed by atoms with E-state index in [2.05, 4.69) is 288 Å². The Morgan fingerprint density at radius 2 is 0.525 bits per heavy atom. The molecule has 0 N–H and O–H groups in total. The maximum Gasteiger partial charge on any atom is 0.138 e. The predicted octanol–water partition coefficient (Wildman–Crippen LogP) is 36.1. The summed E-state index contributed by atoms with van der Waals surface area (Å²) in [5.74, 6) is -0.180. The lowest BCUT2D eigenvalue weighted by atomic mass is 9.67. The lowest BCUT2D eigenvalue weighted by Gasteiger charge is -2.35. The number of fused-ring (bicyclic) bond motifs is 11. The number of hydrogen-bond donors (Lipinski definition) is 0. The van der Waals surface area contributed by atoms with E-state index < -0.39 is 34.1 Å². The summed E-state index contributed by atoms with van der Waals surface area (Å²) in [6.45, 7) is 7.79. The van der Waals surface area contributed by atoms with Crippen molar-refractivity contribution < 1.29 is 31.5 Å². The van der Waals surface area contributed by atoms with Gasteiger partial charge in [0.25, 0.3) is 0 Å². The highest BCUT2D eigenvalue weighted by atomic mass is 19.1. The molecule has 0 fully saturated rings. The molecular weight excluding hydrogens is 1740 g/mol. The second-order valence-corrected chi connectivity index (χ2v) is 35.5. The van der Waals surface area contributed by atoms with Crippen molar-refractivity contribution in [3.8, 4) is 67.5 Å². The third-order valence-corrected chi connectivity index (χ3v) is 27.7. The zero-order valence-electron chi connectivity index (χ0n) is 76.3. The largest absolute Gasteiger partial charge is 0.457 e. The molecule has 672 valence electrons.